The van der Waals surface area contributed by atoms with Crippen LogP contribution in [0.3, 0.4) is 0 Å². The summed E-state index contributed by atoms with van der Waals surface area (Å²) < 4.78 is 13.0. The van der Waals surface area contributed by atoms with Crippen molar-refractivity contribution in [3.8, 4) is 11.5 Å². The number of aryl methyl sites for hydroxylation is 2. The molecular weight excluding hydrogens is 416 g/mol. The van der Waals surface area contributed by atoms with E-state index in [9.17, 15) is 4.79 Å². The fraction of sp³-hybridized carbons (Fsp3) is 0.346. The number of benzene rings is 2. The van der Waals surface area contributed by atoms with Crippen LogP contribution in [0.15, 0.2) is 53.6 Å². The van der Waals surface area contributed by atoms with E-state index < -0.39 is 0 Å². The number of aromatic nitrogens is 2. The Kier molecular flexibility index (Phi) is 7.53. The second-order valence-corrected chi connectivity index (χ2v) is 9.01. The molecule has 0 unspecified atom stereocenters. The maximum atomic E-state index is 12.1. The van der Waals surface area contributed by atoms with Crippen LogP contribution in [-0.2, 0) is 16.8 Å². The third kappa shape index (κ3) is 6.68. The van der Waals surface area contributed by atoms with Gasteiger partial charge in [-0.15, -0.1) is 0 Å². The van der Waals surface area contributed by atoms with Crippen molar-refractivity contribution in [1.82, 2.24) is 15.2 Å². The average molecular weight is 449 g/mol. The third-order valence-electron chi connectivity index (χ3n) is 5.22. The van der Waals surface area contributed by atoms with Crippen LogP contribution in [0.1, 0.15) is 48.8 Å². The molecule has 3 aromatic rings. The van der Waals surface area contributed by atoms with Crippen LogP contribution in [0.4, 0.5) is 0 Å². The van der Waals surface area contributed by atoms with E-state index in [1.807, 2.05) is 67.1 Å². The molecule has 0 spiro atoms. The molecule has 0 saturated carbocycles. The predicted molar refractivity (Wildman–Crippen MR) is 130 cm³/mol. The van der Waals surface area contributed by atoms with Crippen molar-refractivity contribution in [1.29, 1.82) is 0 Å². The second kappa shape index (κ2) is 10.3. The number of carbonyl (C=O) groups excluding carboxylic acids is 1. The molecule has 0 radical (unpaired) electrons. The summed E-state index contributed by atoms with van der Waals surface area (Å²) in [6.07, 6.45) is 1.60. The van der Waals surface area contributed by atoms with Crippen LogP contribution in [0, 0.1) is 13.8 Å². The normalized spacial score (nSPS) is 11.6. The first kappa shape index (κ1) is 24.0. The van der Waals surface area contributed by atoms with Gasteiger partial charge in [-0.2, -0.15) is 10.2 Å². The first-order chi connectivity index (χ1) is 15.7. The number of carbonyl (C=O) groups is 1. The lowest BCUT2D eigenvalue weighted by Crippen LogP contribution is -2.24. The van der Waals surface area contributed by atoms with Crippen LogP contribution in [-0.4, -0.2) is 35.6 Å². The lowest BCUT2D eigenvalue weighted by molar-refractivity contribution is -0.123. The largest absolute Gasteiger partial charge is 0.496 e. The zero-order chi connectivity index (χ0) is 24.0. The molecular formula is C26H32N4O3. The van der Waals surface area contributed by atoms with Crippen molar-refractivity contribution in [2.24, 2.45) is 5.10 Å². The van der Waals surface area contributed by atoms with E-state index >= 15 is 0 Å². The molecule has 0 saturated heterocycles. The first-order valence-electron chi connectivity index (χ1n) is 10.9. The summed E-state index contributed by atoms with van der Waals surface area (Å²) in [5.74, 6) is 1.09. The molecule has 1 amide bonds. The third-order valence-corrected chi connectivity index (χ3v) is 5.22. The molecule has 3 rings (SSSR count). The van der Waals surface area contributed by atoms with Crippen LogP contribution < -0.4 is 14.9 Å². The monoisotopic (exact) mass is 448 g/mol. The Labute approximate surface area is 195 Å². The van der Waals surface area contributed by atoms with E-state index in [-0.39, 0.29) is 17.9 Å². The van der Waals surface area contributed by atoms with Gasteiger partial charge in [0.1, 0.15) is 11.5 Å². The fourth-order valence-electron chi connectivity index (χ4n) is 3.41. The smallest absolute Gasteiger partial charge is 0.277 e. The van der Waals surface area contributed by atoms with Gasteiger partial charge in [-0.1, -0.05) is 32.9 Å². The zero-order valence-electron chi connectivity index (χ0n) is 20.2. The van der Waals surface area contributed by atoms with Gasteiger partial charge in [0.05, 0.1) is 25.6 Å². The maximum absolute atomic E-state index is 12.1. The van der Waals surface area contributed by atoms with Crippen molar-refractivity contribution in [3.05, 3.63) is 76.6 Å². The standard InChI is InChI=1S/C26H32N4O3/c1-18-13-19(2)30(29-18)16-21-14-20(7-12-24(21)32-6)15-27-28-25(31)17-33-23-10-8-22(9-11-23)26(3,4)5/h7-15H,16-17H2,1-6H3,(H,28,31)/b27-15-. The molecule has 1 heterocycles. The van der Waals surface area contributed by atoms with E-state index in [1.54, 1.807) is 13.3 Å². The molecule has 1 aromatic heterocycles. The fourth-order valence-corrected chi connectivity index (χ4v) is 3.41. The Bertz CT molecular complexity index is 1130. The molecule has 0 fully saturated rings. The van der Waals surface area contributed by atoms with Crippen LogP contribution >= 0.6 is 0 Å². The summed E-state index contributed by atoms with van der Waals surface area (Å²) in [5, 5.41) is 8.57. The van der Waals surface area contributed by atoms with Crippen molar-refractivity contribution in [2.45, 2.75) is 46.6 Å². The highest BCUT2D eigenvalue weighted by Gasteiger charge is 2.13. The van der Waals surface area contributed by atoms with Crippen LogP contribution in [0.2, 0.25) is 0 Å². The van der Waals surface area contributed by atoms with Crippen molar-refractivity contribution in [2.75, 3.05) is 13.7 Å². The predicted octanol–water partition coefficient (Wildman–Crippen LogP) is 4.38. The Morgan fingerprint density at radius 3 is 2.45 bits per heavy atom. The molecule has 7 nitrogen and oxygen atoms in total. The zero-order valence-corrected chi connectivity index (χ0v) is 20.2. The number of hydrogen-bond acceptors (Lipinski definition) is 5. The Balaban J connectivity index is 1.57. The molecule has 174 valence electrons. The number of rotatable bonds is 8. The van der Waals surface area contributed by atoms with E-state index in [2.05, 4.69) is 36.4 Å². The van der Waals surface area contributed by atoms with Gasteiger partial charge < -0.3 is 9.47 Å². The summed E-state index contributed by atoms with van der Waals surface area (Å²) in [6.45, 7) is 10.9. The minimum absolute atomic E-state index is 0.0715. The molecule has 0 aliphatic carbocycles. The Morgan fingerprint density at radius 1 is 1.12 bits per heavy atom. The minimum atomic E-state index is -0.331. The van der Waals surface area contributed by atoms with Gasteiger partial charge in [0.2, 0.25) is 0 Å². The van der Waals surface area contributed by atoms with Gasteiger partial charge in [0.25, 0.3) is 5.91 Å². The number of ether oxygens (including phenoxy) is 2. The highest BCUT2D eigenvalue weighted by molar-refractivity contribution is 5.83. The number of amides is 1. The summed E-state index contributed by atoms with van der Waals surface area (Å²) in [5.41, 5.74) is 7.65. The number of hydrogen-bond donors (Lipinski definition) is 1. The van der Waals surface area contributed by atoms with Crippen LogP contribution in [0.5, 0.6) is 11.5 Å². The molecule has 0 atom stereocenters. The molecule has 2 aromatic carbocycles. The molecule has 0 bridgehead atoms. The van der Waals surface area contributed by atoms with Crippen molar-refractivity contribution in [3.63, 3.8) is 0 Å². The van der Waals surface area contributed by atoms with Gasteiger partial charge in [-0.05, 0) is 66.8 Å². The van der Waals surface area contributed by atoms with E-state index in [0.29, 0.717) is 12.3 Å². The van der Waals surface area contributed by atoms with Gasteiger partial charge in [0.15, 0.2) is 6.61 Å². The quantitative estimate of drug-likeness (QED) is 0.410. The lowest BCUT2D eigenvalue weighted by Gasteiger charge is -2.19. The van der Waals surface area contributed by atoms with Gasteiger partial charge >= 0.3 is 0 Å². The van der Waals surface area contributed by atoms with Crippen molar-refractivity contribution < 1.29 is 14.3 Å². The number of hydrazone groups is 1. The summed E-state index contributed by atoms with van der Waals surface area (Å²) in [6, 6.07) is 15.5. The van der Waals surface area contributed by atoms with Gasteiger partial charge in [-0.3, -0.25) is 9.48 Å². The Hall–Kier alpha value is -3.61. The molecule has 7 heteroatoms. The molecule has 33 heavy (non-hydrogen) atoms. The topological polar surface area (TPSA) is 77.7 Å². The number of nitrogens with zero attached hydrogens (tertiary/aromatic N) is 3. The molecule has 1 N–H and O–H groups in total. The maximum Gasteiger partial charge on any atom is 0.277 e. The van der Waals surface area contributed by atoms with Crippen molar-refractivity contribution >= 4 is 12.1 Å². The molecule has 0 aliphatic rings. The Morgan fingerprint density at radius 2 is 1.85 bits per heavy atom. The van der Waals surface area contributed by atoms with E-state index in [0.717, 1.165) is 28.3 Å². The average Bonchev–Trinajstić information content (AvgIpc) is 3.08. The minimum Gasteiger partial charge on any atom is -0.496 e. The summed E-state index contributed by atoms with van der Waals surface area (Å²) in [7, 11) is 1.64. The number of nitrogens with one attached hydrogen (secondary N) is 1. The van der Waals surface area contributed by atoms with E-state index in [4.69, 9.17) is 9.47 Å². The van der Waals surface area contributed by atoms with Crippen LogP contribution in [0.25, 0.3) is 0 Å². The van der Waals surface area contributed by atoms with E-state index in [1.165, 1.54) is 5.56 Å². The summed E-state index contributed by atoms with van der Waals surface area (Å²) >= 11 is 0. The molecule has 0 aliphatic heterocycles. The first-order valence-corrected chi connectivity index (χ1v) is 10.9. The highest BCUT2D eigenvalue weighted by Crippen LogP contribution is 2.24. The highest BCUT2D eigenvalue weighted by atomic mass is 16.5. The lowest BCUT2D eigenvalue weighted by atomic mass is 9.87. The second-order valence-electron chi connectivity index (χ2n) is 9.01. The van der Waals surface area contributed by atoms with Gasteiger partial charge in [-0.25, -0.2) is 5.43 Å². The SMILES string of the molecule is COc1ccc(/C=N\NC(=O)COc2ccc(C(C)(C)C)cc2)cc1Cn1nc(C)cc1C. The van der Waals surface area contributed by atoms with Gasteiger partial charge in [0, 0.05) is 11.3 Å². The summed E-state index contributed by atoms with van der Waals surface area (Å²) in [4.78, 5) is 12.1. The number of methoxy groups -OCH3 is 1.